The molecule has 0 aliphatic heterocycles. The second-order valence-electron chi connectivity index (χ2n) is 7.31. The Morgan fingerprint density at radius 3 is 2.07 bits per heavy atom. The predicted octanol–water partition coefficient (Wildman–Crippen LogP) is 7.75. The second-order valence-corrected chi connectivity index (χ2v) is 7.71. The predicted molar refractivity (Wildman–Crippen MR) is 124 cm³/mol. The summed E-state index contributed by atoms with van der Waals surface area (Å²) in [6.07, 6.45) is 0. The van der Waals surface area contributed by atoms with Gasteiger partial charge in [0, 0.05) is 10.8 Å². The normalized spacial score (nSPS) is 11.6. The Labute approximate surface area is 173 Å². The molecular weight excluding hydrogens is 376 g/mol. The maximum absolute atomic E-state index is 6.64. The SMILES string of the molecule is Clc1cc(-c2ccccc2)ccc1Nc1cc2c3ccccc3c3cccc1n32. The molecule has 0 amide bonds. The van der Waals surface area contributed by atoms with Crippen molar-refractivity contribution in [3.05, 3.63) is 102 Å². The van der Waals surface area contributed by atoms with Gasteiger partial charge in [0.25, 0.3) is 0 Å². The minimum absolute atomic E-state index is 0.709. The minimum atomic E-state index is 0.709. The molecule has 3 aromatic heterocycles. The molecule has 0 saturated heterocycles. The number of rotatable bonds is 3. The number of nitrogens with zero attached hydrogens (tertiary/aromatic N) is 1. The van der Waals surface area contributed by atoms with E-state index in [2.05, 4.69) is 82.5 Å². The summed E-state index contributed by atoms with van der Waals surface area (Å²) >= 11 is 6.64. The van der Waals surface area contributed by atoms with Crippen molar-refractivity contribution in [3.63, 3.8) is 0 Å². The lowest BCUT2D eigenvalue weighted by molar-refractivity contribution is 1.35. The summed E-state index contributed by atoms with van der Waals surface area (Å²) in [6, 6.07) is 33.7. The van der Waals surface area contributed by atoms with Crippen LogP contribution in [-0.4, -0.2) is 4.40 Å². The smallest absolute Gasteiger partial charge is 0.0698 e. The van der Waals surface area contributed by atoms with E-state index in [-0.39, 0.29) is 0 Å². The first-order chi connectivity index (χ1) is 14.3. The zero-order valence-electron chi connectivity index (χ0n) is 15.6. The van der Waals surface area contributed by atoms with E-state index in [9.17, 15) is 0 Å². The van der Waals surface area contributed by atoms with Crippen molar-refractivity contribution in [2.75, 3.05) is 5.32 Å². The zero-order chi connectivity index (χ0) is 19.4. The topological polar surface area (TPSA) is 16.4 Å². The lowest BCUT2D eigenvalue weighted by Crippen LogP contribution is -1.92. The zero-order valence-corrected chi connectivity index (χ0v) is 16.3. The second kappa shape index (κ2) is 6.26. The third kappa shape index (κ3) is 2.50. The molecular formula is C26H17ClN2. The molecule has 138 valence electrons. The lowest BCUT2D eigenvalue weighted by atomic mass is 10.1. The summed E-state index contributed by atoms with van der Waals surface area (Å²) in [7, 11) is 0. The molecule has 0 fully saturated rings. The van der Waals surface area contributed by atoms with Crippen LogP contribution in [0.15, 0.2) is 97.1 Å². The summed E-state index contributed by atoms with van der Waals surface area (Å²) < 4.78 is 2.32. The fraction of sp³-hybridized carbons (Fsp3) is 0. The fourth-order valence-corrected chi connectivity index (χ4v) is 4.49. The van der Waals surface area contributed by atoms with Crippen LogP contribution in [0.25, 0.3) is 38.4 Å². The number of hydrogen-bond acceptors (Lipinski definition) is 1. The molecule has 2 nitrogen and oxygen atoms in total. The average molecular weight is 393 g/mol. The first kappa shape index (κ1) is 16.5. The van der Waals surface area contributed by atoms with Crippen LogP contribution in [-0.2, 0) is 0 Å². The van der Waals surface area contributed by atoms with E-state index in [0.717, 1.165) is 28.0 Å². The van der Waals surface area contributed by atoms with Gasteiger partial charge in [0.15, 0.2) is 0 Å². The van der Waals surface area contributed by atoms with Crippen molar-refractivity contribution < 1.29 is 0 Å². The van der Waals surface area contributed by atoms with E-state index in [1.165, 1.54) is 21.8 Å². The molecule has 3 heterocycles. The summed E-state index contributed by atoms with van der Waals surface area (Å²) in [5.41, 5.74) is 7.83. The number of aromatic nitrogens is 1. The van der Waals surface area contributed by atoms with Gasteiger partial charge in [0.2, 0.25) is 0 Å². The largest absolute Gasteiger partial charge is 0.353 e. The molecule has 6 rings (SSSR count). The van der Waals surface area contributed by atoms with Crippen molar-refractivity contribution in [2.45, 2.75) is 0 Å². The first-order valence-corrected chi connectivity index (χ1v) is 10.0. The maximum atomic E-state index is 6.64. The van der Waals surface area contributed by atoms with Crippen LogP contribution < -0.4 is 5.32 Å². The molecule has 0 aliphatic rings. The number of benzene rings is 3. The maximum Gasteiger partial charge on any atom is 0.0698 e. The van der Waals surface area contributed by atoms with Gasteiger partial charge in [-0.1, -0.05) is 78.3 Å². The van der Waals surface area contributed by atoms with E-state index < -0.39 is 0 Å². The van der Waals surface area contributed by atoms with Gasteiger partial charge < -0.3 is 9.72 Å². The Balaban J connectivity index is 1.46. The Morgan fingerprint density at radius 2 is 1.28 bits per heavy atom. The number of nitrogens with one attached hydrogen (secondary N) is 1. The molecule has 0 atom stereocenters. The van der Waals surface area contributed by atoms with Crippen molar-refractivity contribution in [1.29, 1.82) is 0 Å². The van der Waals surface area contributed by atoms with Crippen molar-refractivity contribution in [3.8, 4) is 11.1 Å². The van der Waals surface area contributed by atoms with E-state index in [4.69, 9.17) is 11.6 Å². The van der Waals surface area contributed by atoms with Crippen LogP contribution in [0.5, 0.6) is 0 Å². The molecule has 0 radical (unpaired) electrons. The Bertz CT molecular complexity index is 1480. The monoisotopic (exact) mass is 392 g/mol. The third-order valence-electron chi connectivity index (χ3n) is 5.61. The molecule has 0 aliphatic carbocycles. The highest BCUT2D eigenvalue weighted by Crippen LogP contribution is 2.38. The van der Waals surface area contributed by atoms with Gasteiger partial charge in [0.05, 0.1) is 32.9 Å². The van der Waals surface area contributed by atoms with Crippen molar-refractivity contribution in [2.24, 2.45) is 0 Å². The minimum Gasteiger partial charge on any atom is -0.353 e. The summed E-state index contributed by atoms with van der Waals surface area (Å²) in [6.45, 7) is 0. The lowest BCUT2D eigenvalue weighted by Gasteiger charge is -2.10. The molecule has 3 aromatic carbocycles. The Kier molecular flexibility index (Phi) is 3.56. The van der Waals surface area contributed by atoms with Gasteiger partial charge in [-0.3, -0.25) is 0 Å². The number of pyridine rings is 1. The summed E-state index contributed by atoms with van der Waals surface area (Å²) in [4.78, 5) is 0. The summed E-state index contributed by atoms with van der Waals surface area (Å²) in [5.74, 6) is 0. The molecule has 0 unspecified atom stereocenters. The molecule has 29 heavy (non-hydrogen) atoms. The Hall–Kier alpha value is -3.49. The van der Waals surface area contributed by atoms with Gasteiger partial charge in [-0.25, -0.2) is 0 Å². The average Bonchev–Trinajstić information content (AvgIpc) is 3.29. The molecule has 3 heteroatoms. The van der Waals surface area contributed by atoms with Gasteiger partial charge in [-0.2, -0.15) is 0 Å². The molecule has 6 aromatic rings. The summed E-state index contributed by atoms with van der Waals surface area (Å²) in [5, 5.41) is 6.81. The van der Waals surface area contributed by atoms with E-state index in [1.54, 1.807) is 0 Å². The standard InChI is InChI=1S/C26H17ClN2/c27-21-15-18(17-7-2-1-3-8-17)13-14-22(21)28-23-16-26-20-10-5-4-9-19(20)24-11-6-12-25(23)29(24)26/h1-16,28H. The van der Waals surface area contributed by atoms with Gasteiger partial charge >= 0.3 is 0 Å². The van der Waals surface area contributed by atoms with E-state index in [1.807, 2.05) is 24.3 Å². The number of hydrogen-bond donors (Lipinski definition) is 1. The van der Waals surface area contributed by atoms with Gasteiger partial charge in [-0.05, 0) is 41.5 Å². The van der Waals surface area contributed by atoms with Crippen LogP contribution in [0.4, 0.5) is 11.4 Å². The molecule has 1 N–H and O–H groups in total. The Morgan fingerprint density at radius 1 is 0.552 bits per heavy atom. The molecule has 0 spiro atoms. The van der Waals surface area contributed by atoms with Crippen LogP contribution in [0.1, 0.15) is 0 Å². The number of fused-ring (bicyclic) bond motifs is 3. The highest BCUT2D eigenvalue weighted by Gasteiger charge is 2.15. The van der Waals surface area contributed by atoms with Gasteiger partial charge in [-0.15, -0.1) is 0 Å². The quantitative estimate of drug-likeness (QED) is 0.325. The third-order valence-corrected chi connectivity index (χ3v) is 5.93. The fourth-order valence-electron chi connectivity index (χ4n) is 4.26. The van der Waals surface area contributed by atoms with Crippen molar-refractivity contribution in [1.82, 2.24) is 4.40 Å². The van der Waals surface area contributed by atoms with Gasteiger partial charge in [0.1, 0.15) is 0 Å². The first-order valence-electron chi connectivity index (χ1n) is 9.66. The van der Waals surface area contributed by atoms with Crippen LogP contribution >= 0.6 is 11.6 Å². The van der Waals surface area contributed by atoms with E-state index >= 15 is 0 Å². The number of anilines is 2. The number of halogens is 1. The molecule has 0 bridgehead atoms. The van der Waals surface area contributed by atoms with Crippen molar-refractivity contribution >= 4 is 50.3 Å². The highest BCUT2D eigenvalue weighted by atomic mass is 35.5. The molecule has 0 saturated carbocycles. The van der Waals surface area contributed by atoms with E-state index in [0.29, 0.717) is 5.02 Å². The van der Waals surface area contributed by atoms with Crippen LogP contribution in [0, 0.1) is 0 Å². The highest BCUT2D eigenvalue weighted by molar-refractivity contribution is 6.33. The van der Waals surface area contributed by atoms with Crippen LogP contribution in [0.2, 0.25) is 5.02 Å². The van der Waals surface area contributed by atoms with Crippen LogP contribution in [0.3, 0.4) is 0 Å².